The summed E-state index contributed by atoms with van der Waals surface area (Å²) in [4.78, 5) is 11.0. The van der Waals surface area contributed by atoms with Gasteiger partial charge >= 0.3 is 5.97 Å². The Hall–Kier alpha value is -2.50. The summed E-state index contributed by atoms with van der Waals surface area (Å²) in [5.74, 6) is 0.227. The molecule has 0 radical (unpaired) electrons. The minimum Gasteiger partial charge on any atom is -0.482 e. The Morgan fingerprint density at radius 1 is 1.29 bits per heavy atom. The Morgan fingerprint density at radius 3 is 2.57 bits per heavy atom. The van der Waals surface area contributed by atoms with E-state index in [4.69, 9.17) is 4.74 Å². The van der Waals surface area contributed by atoms with Crippen LogP contribution in [0.25, 0.3) is 0 Å². The monoisotopic (exact) mass is 289 g/mol. The smallest absolute Gasteiger partial charge is 0.343 e. The van der Waals surface area contributed by atoms with Crippen LogP contribution in [0.1, 0.15) is 17.0 Å². The highest BCUT2D eigenvalue weighted by Gasteiger charge is 2.06. The number of benzene rings is 1. The second kappa shape index (κ2) is 6.78. The van der Waals surface area contributed by atoms with Gasteiger partial charge in [0.25, 0.3) is 0 Å². The summed E-state index contributed by atoms with van der Waals surface area (Å²) in [5, 5.41) is 10.4. The minimum atomic E-state index is -0.400. The second-order valence-electron chi connectivity index (χ2n) is 4.66. The summed E-state index contributed by atoms with van der Waals surface area (Å²) < 4.78 is 9.80. The molecule has 6 nitrogen and oxygen atoms in total. The summed E-state index contributed by atoms with van der Waals surface area (Å²) in [6.07, 6.45) is 0. The highest BCUT2D eigenvalue weighted by Crippen LogP contribution is 2.17. The molecule has 0 amide bonds. The molecule has 112 valence electrons. The number of rotatable bonds is 6. The number of aryl methyl sites for hydroxylation is 2. The predicted molar refractivity (Wildman–Crippen MR) is 79.3 cm³/mol. The van der Waals surface area contributed by atoms with Crippen molar-refractivity contribution in [2.75, 3.05) is 19.0 Å². The van der Waals surface area contributed by atoms with E-state index in [0.717, 1.165) is 17.1 Å². The van der Waals surface area contributed by atoms with Crippen LogP contribution in [-0.4, -0.2) is 29.9 Å². The second-order valence-corrected chi connectivity index (χ2v) is 4.66. The molecule has 0 saturated heterocycles. The lowest BCUT2D eigenvalue weighted by molar-refractivity contribution is -0.142. The first-order chi connectivity index (χ1) is 10.1. The lowest BCUT2D eigenvalue weighted by atomic mass is 10.2. The normalized spacial score (nSPS) is 10.2. The molecule has 0 spiro atoms. The standard InChI is InChI=1S/C15H19N3O3/c1-10-14(11(2)18-17-10)8-16-12-4-6-13(7-5-12)21-9-15(19)20-3/h4-7,16H,8-9H2,1-3H3,(H,17,18). The molecule has 2 aromatic rings. The van der Waals surface area contributed by atoms with Crippen molar-refractivity contribution in [3.8, 4) is 5.75 Å². The van der Waals surface area contributed by atoms with E-state index in [2.05, 4.69) is 20.3 Å². The van der Waals surface area contributed by atoms with Crippen LogP contribution in [0.15, 0.2) is 24.3 Å². The first-order valence-electron chi connectivity index (χ1n) is 6.64. The van der Waals surface area contributed by atoms with Gasteiger partial charge in [-0.05, 0) is 38.1 Å². The van der Waals surface area contributed by atoms with Crippen LogP contribution in [0.2, 0.25) is 0 Å². The number of ether oxygens (including phenoxy) is 2. The fraction of sp³-hybridized carbons (Fsp3) is 0.333. The zero-order valence-electron chi connectivity index (χ0n) is 12.4. The molecule has 0 saturated carbocycles. The number of aromatic amines is 1. The molecular formula is C15H19N3O3. The largest absolute Gasteiger partial charge is 0.482 e. The highest BCUT2D eigenvalue weighted by molar-refractivity contribution is 5.70. The van der Waals surface area contributed by atoms with Gasteiger partial charge in [0, 0.05) is 23.5 Å². The Labute approximate surface area is 123 Å². The van der Waals surface area contributed by atoms with Crippen molar-refractivity contribution in [2.24, 2.45) is 0 Å². The van der Waals surface area contributed by atoms with E-state index in [0.29, 0.717) is 12.3 Å². The lowest BCUT2D eigenvalue weighted by Crippen LogP contribution is -2.12. The summed E-state index contributed by atoms with van der Waals surface area (Å²) in [7, 11) is 1.33. The van der Waals surface area contributed by atoms with E-state index in [-0.39, 0.29) is 6.61 Å². The number of carbonyl (C=O) groups is 1. The van der Waals surface area contributed by atoms with Crippen LogP contribution in [0, 0.1) is 13.8 Å². The predicted octanol–water partition coefficient (Wildman–Crippen LogP) is 2.19. The number of nitrogens with one attached hydrogen (secondary N) is 2. The molecule has 0 fully saturated rings. The van der Waals surface area contributed by atoms with Crippen LogP contribution >= 0.6 is 0 Å². The van der Waals surface area contributed by atoms with Crippen molar-refractivity contribution in [2.45, 2.75) is 20.4 Å². The number of H-pyrrole nitrogens is 1. The van der Waals surface area contributed by atoms with Crippen LogP contribution in [-0.2, 0) is 16.1 Å². The average Bonchev–Trinajstić information content (AvgIpc) is 2.82. The van der Waals surface area contributed by atoms with E-state index < -0.39 is 5.97 Å². The molecular weight excluding hydrogens is 270 g/mol. The van der Waals surface area contributed by atoms with E-state index in [9.17, 15) is 4.79 Å². The number of carbonyl (C=O) groups excluding carboxylic acids is 1. The van der Waals surface area contributed by atoms with E-state index >= 15 is 0 Å². The Morgan fingerprint density at radius 2 is 2.00 bits per heavy atom. The minimum absolute atomic E-state index is 0.0866. The van der Waals surface area contributed by atoms with Crippen molar-refractivity contribution in [1.29, 1.82) is 0 Å². The number of hydrogen-bond acceptors (Lipinski definition) is 5. The van der Waals surface area contributed by atoms with Gasteiger partial charge in [0.15, 0.2) is 6.61 Å². The number of nitrogens with zero attached hydrogens (tertiary/aromatic N) is 1. The number of anilines is 1. The molecule has 6 heteroatoms. The molecule has 1 aromatic carbocycles. The van der Waals surface area contributed by atoms with E-state index in [1.165, 1.54) is 12.7 Å². The van der Waals surface area contributed by atoms with Crippen molar-refractivity contribution in [3.63, 3.8) is 0 Å². The zero-order chi connectivity index (χ0) is 15.2. The van der Waals surface area contributed by atoms with Gasteiger partial charge in [-0.3, -0.25) is 5.10 Å². The fourth-order valence-corrected chi connectivity index (χ4v) is 1.90. The summed E-state index contributed by atoms with van der Waals surface area (Å²) >= 11 is 0. The Kier molecular flexibility index (Phi) is 4.81. The maximum atomic E-state index is 11.0. The molecule has 0 aliphatic heterocycles. The first kappa shape index (κ1) is 14.9. The molecule has 1 aromatic heterocycles. The number of aromatic nitrogens is 2. The third-order valence-corrected chi connectivity index (χ3v) is 3.19. The maximum absolute atomic E-state index is 11.0. The van der Waals surface area contributed by atoms with Gasteiger partial charge in [0.05, 0.1) is 12.8 Å². The Bertz CT molecular complexity index is 586. The van der Waals surface area contributed by atoms with Gasteiger partial charge in [-0.1, -0.05) is 0 Å². The van der Waals surface area contributed by atoms with Crippen molar-refractivity contribution in [3.05, 3.63) is 41.2 Å². The fourth-order valence-electron chi connectivity index (χ4n) is 1.90. The van der Waals surface area contributed by atoms with Crippen LogP contribution in [0.5, 0.6) is 5.75 Å². The quantitative estimate of drug-likeness (QED) is 0.797. The molecule has 0 aliphatic carbocycles. The zero-order valence-corrected chi connectivity index (χ0v) is 12.4. The molecule has 21 heavy (non-hydrogen) atoms. The van der Waals surface area contributed by atoms with Gasteiger partial charge in [0.2, 0.25) is 0 Å². The highest BCUT2D eigenvalue weighted by atomic mass is 16.6. The van der Waals surface area contributed by atoms with Crippen molar-refractivity contribution < 1.29 is 14.3 Å². The van der Waals surface area contributed by atoms with Crippen LogP contribution < -0.4 is 10.1 Å². The molecule has 2 rings (SSSR count). The van der Waals surface area contributed by atoms with E-state index in [1.54, 1.807) is 12.1 Å². The van der Waals surface area contributed by atoms with Gasteiger partial charge in [-0.15, -0.1) is 0 Å². The lowest BCUT2D eigenvalue weighted by Gasteiger charge is -2.08. The van der Waals surface area contributed by atoms with Gasteiger partial charge in [-0.2, -0.15) is 5.10 Å². The van der Waals surface area contributed by atoms with Crippen LogP contribution in [0.3, 0.4) is 0 Å². The number of esters is 1. The molecule has 0 bridgehead atoms. The SMILES string of the molecule is COC(=O)COc1ccc(NCc2c(C)n[nH]c2C)cc1. The summed E-state index contributed by atoms with van der Waals surface area (Å²) in [6.45, 7) is 4.60. The van der Waals surface area contributed by atoms with Crippen molar-refractivity contribution in [1.82, 2.24) is 10.2 Å². The van der Waals surface area contributed by atoms with Gasteiger partial charge < -0.3 is 14.8 Å². The third-order valence-electron chi connectivity index (χ3n) is 3.19. The van der Waals surface area contributed by atoms with Gasteiger partial charge in [-0.25, -0.2) is 4.79 Å². The van der Waals surface area contributed by atoms with Crippen LogP contribution in [0.4, 0.5) is 5.69 Å². The summed E-state index contributed by atoms with van der Waals surface area (Å²) in [6, 6.07) is 7.41. The molecule has 2 N–H and O–H groups in total. The third kappa shape index (κ3) is 3.98. The average molecular weight is 289 g/mol. The maximum Gasteiger partial charge on any atom is 0.343 e. The molecule has 0 aliphatic rings. The van der Waals surface area contributed by atoms with Crippen molar-refractivity contribution >= 4 is 11.7 Å². The first-order valence-corrected chi connectivity index (χ1v) is 6.64. The molecule has 1 heterocycles. The number of hydrogen-bond donors (Lipinski definition) is 2. The van der Waals surface area contributed by atoms with E-state index in [1.807, 2.05) is 26.0 Å². The Balaban J connectivity index is 1.89. The molecule has 0 unspecified atom stereocenters. The summed E-state index contributed by atoms with van der Waals surface area (Å²) in [5.41, 5.74) is 4.21. The molecule has 0 atom stereocenters. The topological polar surface area (TPSA) is 76.2 Å². The number of methoxy groups -OCH3 is 1. The van der Waals surface area contributed by atoms with Gasteiger partial charge in [0.1, 0.15) is 5.75 Å².